The minimum absolute atomic E-state index is 0.0348. The van der Waals surface area contributed by atoms with Crippen LogP contribution in [-0.2, 0) is 10.0 Å². The van der Waals surface area contributed by atoms with E-state index in [0.29, 0.717) is 0 Å². The first kappa shape index (κ1) is 11.6. The first-order valence-electron chi connectivity index (χ1n) is 4.33. The number of nitrogens with zero attached hydrogens (tertiary/aromatic N) is 1. The van der Waals surface area contributed by atoms with Gasteiger partial charge < -0.3 is 10.1 Å². The van der Waals surface area contributed by atoms with Gasteiger partial charge in [0.15, 0.2) is 0 Å². The molecule has 0 unspecified atom stereocenters. The fourth-order valence-corrected chi connectivity index (χ4v) is 3.41. The number of carbonyl (C=O) groups is 1. The number of nitrogens with one attached hydrogen (secondary N) is 2. The summed E-state index contributed by atoms with van der Waals surface area (Å²) >= 11 is 0.848. The SMILES string of the molecule is O=C(O)c1sccc1S(=O)(=O)Nc1ncc[nH]1. The van der Waals surface area contributed by atoms with Gasteiger partial charge in [0.2, 0.25) is 5.95 Å². The van der Waals surface area contributed by atoms with Crippen molar-refractivity contribution in [2.45, 2.75) is 4.90 Å². The lowest BCUT2D eigenvalue weighted by molar-refractivity contribution is 0.0698. The number of carboxylic acids is 1. The molecule has 0 radical (unpaired) electrons. The van der Waals surface area contributed by atoms with Crippen molar-refractivity contribution in [1.82, 2.24) is 9.97 Å². The van der Waals surface area contributed by atoms with E-state index in [4.69, 9.17) is 5.11 Å². The van der Waals surface area contributed by atoms with Crippen LogP contribution < -0.4 is 4.72 Å². The van der Waals surface area contributed by atoms with Crippen molar-refractivity contribution >= 4 is 33.3 Å². The molecule has 0 saturated carbocycles. The number of aromatic amines is 1. The van der Waals surface area contributed by atoms with Crippen LogP contribution in [0.1, 0.15) is 9.67 Å². The Hall–Kier alpha value is -1.87. The van der Waals surface area contributed by atoms with Crippen LogP contribution in [-0.4, -0.2) is 29.5 Å². The van der Waals surface area contributed by atoms with Crippen LogP contribution in [0.15, 0.2) is 28.7 Å². The summed E-state index contributed by atoms with van der Waals surface area (Å²) in [4.78, 5) is 16.6. The van der Waals surface area contributed by atoms with E-state index in [-0.39, 0.29) is 15.7 Å². The van der Waals surface area contributed by atoms with Gasteiger partial charge in [-0.3, -0.25) is 0 Å². The van der Waals surface area contributed by atoms with Crippen LogP contribution in [0.25, 0.3) is 0 Å². The molecule has 0 bridgehead atoms. The molecule has 9 heteroatoms. The molecule has 0 spiro atoms. The average molecular weight is 273 g/mol. The zero-order chi connectivity index (χ0) is 12.5. The Morgan fingerprint density at radius 1 is 1.53 bits per heavy atom. The molecule has 2 heterocycles. The lowest BCUT2D eigenvalue weighted by atomic mass is 10.5. The second-order valence-corrected chi connectivity index (χ2v) is 5.53. The standard InChI is InChI=1S/C8H7N3O4S2/c12-7(13)6-5(1-4-16-6)17(14,15)11-8-9-2-3-10-8/h1-4H,(H,12,13)(H2,9,10,11). The van der Waals surface area contributed by atoms with E-state index in [2.05, 4.69) is 14.7 Å². The topological polar surface area (TPSA) is 112 Å². The van der Waals surface area contributed by atoms with Gasteiger partial charge >= 0.3 is 5.97 Å². The molecule has 17 heavy (non-hydrogen) atoms. The smallest absolute Gasteiger partial charge is 0.347 e. The maximum absolute atomic E-state index is 11.9. The summed E-state index contributed by atoms with van der Waals surface area (Å²) < 4.78 is 25.9. The predicted octanol–water partition coefficient (Wildman–Crippen LogP) is 0.970. The molecule has 0 saturated heterocycles. The lowest BCUT2D eigenvalue weighted by Crippen LogP contribution is -2.15. The van der Waals surface area contributed by atoms with E-state index >= 15 is 0 Å². The third-order valence-corrected chi connectivity index (χ3v) is 4.26. The summed E-state index contributed by atoms with van der Waals surface area (Å²) in [6.07, 6.45) is 2.83. The first-order chi connectivity index (χ1) is 8.00. The molecule has 0 aliphatic carbocycles. The predicted molar refractivity (Wildman–Crippen MR) is 60.7 cm³/mol. The zero-order valence-electron chi connectivity index (χ0n) is 8.25. The van der Waals surface area contributed by atoms with E-state index in [1.807, 2.05) is 0 Å². The third kappa shape index (κ3) is 2.29. The van der Waals surface area contributed by atoms with Gasteiger partial charge in [0.1, 0.15) is 9.77 Å². The molecule has 2 aromatic heterocycles. The summed E-state index contributed by atoms with van der Waals surface area (Å²) in [7, 11) is -3.93. The number of aromatic nitrogens is 2. The molecular formula is C8H7N3O4S2. The van der Waals surface area contributed by atoms with Crippen LogP contribution in [0, 0.1) is 0 Å². The number of hydrogen-bond acceptors (Lipinski definition) is 5. The third-order valence-electron chi connectivity index (χ3n) is 1.84. The van der Waals surface area contributed by atoms with Gasteiger partial charge in [-0.15, -0.1) is 11.3 Å². The molecular weight excluding hydrogens is 266 g/mol. The van der Waals surface area contributed by atoms with Gasteiger partial charge in [0.25, 0.3) is 10.0 Å². The fourth-order valence-electron chi connectivity index (χ4n) is 1.17. The Morgan fingerprint density at radius 2 is 2.29 bits per heavy atom. The highest BCUT2D eigenvalue weighted by atomic mass is 32.2. The first-order valence-corrected chi connectivity index (χ1v) is 6.70. The minimum Gasteiger partial charge on any atom is -0.477 e. The van der Waals surface area contributed by atoms with Crippen LogP contribution in [0.4, 0.5) is 5.95 Å². The second kappa shape index (κ2) is 4.18. The molecule has 7 nitrogen and oxygen atoms in total. The monoisotopic (exact) mass is 273 g/mol. The number of carboxylic acid groups (broad SMARTS) is 1. The highest BCUT2D eigenvalue weighted by Gasteiger charge is 2.24. The Balaban J connectivity index is 2.38. The van der Waals surface area contributed by atoms with Gasteiger partial charge in [-0.25, -0.2) is 22.9 Å². The lowest BCUT2D eigenvalue weighted by Gasteiger charge is -2.04. The van der Waals surface area contributed by atoms with Gasteiger partial charge in [-0.05, 0) is 11.4 Å². The number of hydrogen-bond donors (Lipinski definition) is 3. The number of rotatable bonds is 4. The van der Waals surface area contributed by atoms with Crippen LogP contribution in [0.3, 0.4) is 0 Å². The summed E-state index contributed by atoms with van der Waals surface area (Å²) in [5.74, 6) is -1.24. The van der Waals surface area contributed by atoms with Crippen LogP contribution in [0.2, 0.25) is 0 Å². The van der Waals surface area contributed by atoms with E-state index in [0.717, 1.165) is 11.3 Å². The molecule has 0 amide bonds. The summed E-state index contributed by atoms with van der Waals surface area (Å²) in [5.41, 5.74) is 0. The van der Waals surface area contributed by atoms with Gasteiger partial charge in [-0.1, -0.05) is 0 Å². The Bertz CT molecular complexity index is 630. The van der Waals surface area contributed by atoms with Crippen molar-refractivity contribution in [1.29, 1.82) is 0 Å². The molecule has 0 aliphatic rings. The van der Waals surface area contributed by atoms with Gasteiger partial charge in [0, 0.05) is 12.4 Å². The van der Waals surface area contributed by atoms with Crippen molar-refractivity contribution in [3.8, 4) is 0 Å². The Labute approximate surface area is 100 Å². The highest BCUT2D eigenvalue weighted by molar-refractivity contribution is 7.93. The Morgan fingerprint density at radius 3 is 2.88 bits per heavy atom. The molecule has 0 aromatic carbocycles. The molecule has 0 aliphatic heterocycles. The normalized spacial score (nSPS) is 11.3. The maximum atomic E-state index is 11.9. The van der Waals surface area contributed by atoms with Gasteiger partial charge in [0.05, 0.1) is 0 Å². The van der Waals surface area contributed by atoms with Crippen molar-refractivity contribution in [2.75, 3.05) is 4.72 Å². The van der Waals surface area contributed by atoms with E-state index in [9.17, 15) is 13.2 Å². The molecule has 0 fully saturated rings. The quantitative estimate of drug-likeness (QED) is 0.768. The minimum atomic E-state index is -3.93. The van der Waals surface area contributed by atoms with Crippen LogP contribution in [0.5, 0.6) is 0 Å². The number of imidazole rings is 1. The van der Waals surface area contributed by atoms with E-state index in [1.165, 1.54) is 23.8 Å². The maximum Gasteiger partial charge on any atom is 0.347 e. The Kier molecular flexibility index (Phi) is 2.86. The average Bonchev–Trinajstić information content (AvgIpc) is 2.84. The van der Waals surface area contributed by atoms with E-state index in [1.54, 1.807) is 0 Å². The van der Waals surface area contributed by atoms with Crippen molar-refractivity contribution in [2.24, 2.45) is 0 Å². The number of sulfonamides is 1. The number of anilines is 1. The molecule has 0 atom stereocenters. The summed E-state index contributed by atoms with van der Waals surface area (Å²) in [5, 5.41) is 10.2. The van der Waals surface area contributed by atoms with Crippen molar-refractivity contribution in [3.63, 3.8) is 0 Å². The highest BCUT2D eigenvalue weighted by Crippen LogP contribution is 2.23. The van der Waals surface area contributed by atoms with Gasteiger partial charge in [-0.2, -0.15) is 0 Å². The fraction of sp³-hybridized carbons (Fsp3) is 0. The van der Waals surface area contributed by atoms with Crippen LogP contribution >= 0.6 is 11.3 Å². The molecule has 2 aromatic rings. The molecule has 2 rings (SSSR count). The van der Waals surface area contributed by atoms with E-state index < -0.39 is 16.0 Å². The number of thiophene rings is 1. The number of aromatic carboxylic acids is 1. The summed E-state index contributed by atoms with van der Waals surface area (Å²) in [6, 6.07) is 1.24. The second-order valence-electron chi connectivity index (χ2n) is 2.96. The number of H-pyrrole nitrogens is 1. The summed E-state index contributed by atoms with van der Waals surface area (Å²) in [6.45, 7) is 0. The molecule has 90 valence electrons. The zero-order valence-corrected chi connectivity index (χ0v) is 9.88. The molecule has 3 N–H and O–H groups in total. The van der Waals surface area contributed by atoms with Crippen molar-refractivity contribution < 1.29 is 18.3 Å². The van der Waals surface area contributed by atoms with Crippen molar-refractivity contribution in [3.05, 3.63) is 28.7 Å². The largest absolute Gasteiger partial charge is 0.477 e.